The second-order valence-corrected chi connectivity index (χ2v) is 4.89. The zero-order chi connectivity index (χ0) is 13.3. The number of nitrogen functional groups attached to an aromatic ring is 1. The molecule has 1 aromatic carbocycles. The lowest BCUT2D eigenvalue weighted by atomic mass is 10.1. The predicted molar refractivity (Wildman–Crippen MR) is 67.9 cm³/mol. The lowest BCUT2D eigenvalue weighted by molar-refractivity contribution is 0.0697. The van der Waals surface area contributed by atoms with Crippen molar-refractivity contribution < 1.29 is 14.3 Å². The fraction of sp³-hybridized carbons (Fsp3) is 0.167. The summed E-state index contributed by atoms with van der Waals surface area (Å²) in [5, 5.41) is 9.54. The molecule has 6 heteroatoms. The summed E-state index contributed by atoms with van der Waals surface area (Å²) >= 11 is 1.27. The van der Waals surface area contributed by atoms with Crippen molar-refractivity contribution in [3.63, 3.8) is 0 Å². The Labute approximate surface area is 108 Å². The number of hydrogen-bond donors (Lipinski definition) is 2. The van der Waals surface area contributed by atoms with Crippen LogP contribution in [0.25, 0.3) is 0 Å². The van der Waals surface area contributed by atoms with Gasteiger partial charge >= 0.3 is 5.97 Å². The molecule has 0 aliphatic rings. The monoisotopic (exact) mass is 264 g/mol. The summed E-state index contributed by atoms with van der Waals surface area (Å²) < 4.78 is 5.21. The van der Waals surface area contributed by atoms with Gasteiger partial charge in [-0.2, -0.15) is 0 Å². The molecule has 0 radical (unpaired) electrons. The number of hydrogen-bond acceptors (Lipinski definition) is 5. The normalized spacial score (nSPS) is 10.6. The van der Waals surface area contributed by atoms with Gasteiger partial charge in [0.15, 0.2) is 0 Å². The standard InChI is InChI=1S/C12H12N2O3S/c1-6-3-8(4-9(10(6)13)11(15)16)18-12-14-7(2)5-17-12/h3-5H,13H2,1-2H3,(H,15,16). The number of aryl methyl sites for hydroxylation is 2. The summed E-state index contributed by atoms with van der Waals surface area (Å²) in [6.45, 7) is 3.59. The average Bonchev–Trinajstić information content (AvgIpc) is 2.68. The first-order valence-corrected chi connectivity index (χ1v) is 6.02. The Morgan fingerprint density at radius 3 is 2.72 bits per heavy atom. The van der Waals surface area contributed by atoms with Gasteiger partial charge in [0.25, 0.3) is 5.22 Å². The van der Waals surface area contributed by atoms with Crippen LogP contribution in [0.15, 0.2) is 32.9 Å². The van der Waals surface area contributed by atoms with E-state index >= 15 is 0 Å². The summed E-state index contributed by atoms with van der Waals surface area (Å²) in [6, 6.07) is 3.33. The van der Waals surface area contributed by atoms with E-state index in [1.807, 2.05) is 13.0 Å². The minimum atomic E-state index is -1.04. The van der Waals surface area contributed by atoms with Crippen LogP contribution in [0.1, 0.15) is 21.6 Å². The van der Waals surface area contributed by atoms with E-state index in [1.54, 1.807) is 13.2 Å². The molecule has 5 nitrogen and oxygen atoms in total. The SMILES string of the molecule is Cc1coc(Sc2cc(C)c(N)c(C(=O)O)c2)n1. The van der Waals surface area contributed by atoms with Crippen LogP contribution in [0.4, 0.5) is 5.69 Å². The quantitative estimate of drug-likeness (QED) is 0.828. The number of nitrogens with zero attached hydrogens (tertiary/aromatic N) is 1. The summed E-state index contributed by atoms with van der Waals surface area (Å²) in [7, 11) is 0. The van der Waals surface area contributed by atoms with E-state index in [4.69, 9.17) is 15.3 Å². The maximum Gasteiger partial charge on any atom is 0.337 e. The molecule has 0 amide bonds. The number of benzene rings is 1. The van der Waals surface area contributed by atoms with Gasteiger partial charge in [-0.15, -0.1) is 0 Å². The molecule has 0 spiro atoms. The molecule has 0 saturated carbocycles. The number of aromatic nitrogens is 1. The van der Waals surface area contributed by atoms with Crippen LogP contribution in [0.2, 0.25) is 0 Å². The van der Waals surface area contributed by atoms with Crippen molar-refractivity contribution in [2.75, 3.05) is 5.73 Å². The molecule has 2 rings (SSSR count). The highest BCUT2D eigenvalue weighted by Crippen LogP contribution is 2.31. The Balaban J connectivity index is 2.37. The Morgan fingerprint density at radius 2 is 2.17 bits per heavy atom. The predicted octanol–water partition coefficient (Wildman–Crippen LogP) is 2.72. The minimum absolute atomic E-state index is 0.0979. The number of nitrogens with two attached hydrogens (primary N) is 1. The fourth-order valence-electron chi connectivity index (χ4n) is 1.48. The van der Waals surface area contributed by atoms with E-state index in [9.17, 15) is 4.79 Å². The van der Waals surface area contributed by atoms with Gasteiger partial charge in [0, 0.05) is 10.6 Å². The molecule has 2 aromatic rings. The number of rotatable bonds is 3. The van der Waals surface area contributed by atoms with E-state index in [-0.39, 0.29) is 11.3 Å². The molecule has 0 aliphatic heterocycles. The third-order valence-corrected chi connectivity index (χ3v) is 3.23. The number of oxazole rings is 1. The second kappa shape index (κ2) is 4.73. The summed E-state index contributed by atoms with van der Waals surface area (Å²) in [4.78, 5) is 15.9. The molecule has 0 unspecified atom stereocenters. The van der Waals surface area contributed by atoms with Crippen LogP contribution in [-0.2, 0) is 0 Å². The van der Waals surface area contributed by atoms with Crippen LogP contribution in [0.3, 0.4) is 0 Å². The average molecular weight is 264 g/mol. The van der Waals surface area contributed by atoms with E-state index in [0.29, 0.717) is 5.22 Å². The zero-order valence-electron chi connectivity index (χ0n) is 9.93. The fourth-order valence-corrected chi connectivity index (χ4v) is 2.38. The van der Waals surface area contributed by atoms with Crippen molar-refractivity contribution in [3.8, 4) is 0 Å². The molecule has 18 heavy (non-hydrogen) atoms. The van der Waals surface area contributed by atoms with Gasteiger partial charge in [0.05, 0.1) is 11.3 Å². The van der Waals surface area contributed by atoms with Gasteiger partial charge in [0.1, 0.15) is 6.26 Å². The Morgan fingerprint density at radius 1 is 1.44 bits per heavy atom. The van der Waals surface area contributed by atoms with Crippen LogP contribution >= 0.6 is 11.8 Å². The number of carboxylic acids is 1. The Bertz CT molecular complexity index is 607. The molecule has 1 aromatic heterocycles. The lowest BCUT2D eigenvalue weighted by Gasteiger charge is -2.07. The first-order valence-electron chi connectivity index (χ1n) is 5.21. The molecular formula is C12H12N2O3S. The van der Waals surface area contributed by atoms with Gasteiger partial charge in [-0.3, -0.25) is 0 Å². The van der Waals surface area contributed by atoms with Crippen LogP contribution < -0.4 is 5.73 Å². The molecule has 94 valence electrons. The molecule has 0 aliphatic carbocycles. The molecule has 0 fully saturated rings. The van der Waals surface area contributed by atoms with Crippen molar-refractivity contribution in [1.82, 2.24) is 4.98 Å². The third kappa shape index (κ3) is 2.48. The Kier molecular flexibility index (Phi) is 3.29. The maximum absolute atomic E-state index is 11.1. The van der Waals surface area contributed by atoms with Gasteiger partial charge in [-0.25, -0.2) is 9.78 Å². The minimum Gasteiger partial charge on any atom is -0.478 e. The number of aromatic carboxylic acids is 1. The van der Waals surface area contributed by atoms with Crippen molar-refractivity contribution in [1.29, 1.82) is 0 Å². The first kappa shape index (κ1) is 12.5. The number of anilines is 1. The van der Waals surface area contributed by atoms with Gasteiger partial charge in [-0.05, 0) is 43.3 Å². The molecule has 0 bridgehead atoms. The van der Waals surface area contributed by atoms with E-state index in [1.165, 1.54) is 17.8 Å². The molecular weight excluding hydrogens is 252 g/mol. The Hall–Kier alpha value is -1.95. The summed E-state index contributed by atoms with van der Waals surface area (Å²) in [6.07, 6.45) is 1.55. The third-order valence-electron chi connectivity index (χ3n) is 2.39. The second-order valence-electron chi connectivity index (χ2n) is 3.86. The number of carbonyl (C=O) groups is 1. The van der Waals surface area contributed by atoms with Crippen molar-refractivity contribution >= 4 is 23.4 Å². The van der Waals surface area contributed by atoms with E-state index in [2.05, 4.69) is 4.98 Å². The molecule has 1 heterocycles. The summed E-state index contributed by atoms with van der Waals surface area (Å²) in [5.74, 6) is -1.04. The van der Waals surface area contributed by atoms with Crippen molar-refractivity contribution in [2.45, 2.75) is 24.0 Å². The van der Waals surface area contributed by atoms with Gasteiger partial charge in [0.2, 0.25) is 0 Å². The van der Waals surface area contributed by atoms with Crippen LogP contribution in [0, 0.1) is 13.8 Å². The molecule has 0 saturated heterocycles. The smallest absolute Gasteiger partial charge is 0.337 e. The van der Waals surface area contributed by atoms with Crippen LogP contribution in [0.5, 0.6) is 0 Å². The van der Waals surface area contributed by atoms with Crippen molar-refractivity contribution in [2.24, 2.45) is 0 Å². The van der Waals surface area contributed by atoms with E-state index < -0.39 is 5.97 Å². The molecule has 0 atom stereocenters. The molecule has 3 N–H and O–H groups in total. The van der Waals surface area contributed by atoms with Gasteiger partial charge in [-0.1, -0.05) is 0 Å². The van der Waals surface area contributed by atoms with Crippen LogP contribution in [-0.4, -0.2) is 16.1 Å². The zero-order valence-corrected chi connectivity index (χ0v) is 10.7. The highest BCUT2D eigenvalue weighted by atomic mass is 32.2. The van der Waals surface area contributed by atoms with Gasteiger partial charge < -0.3 is 15.3 Å². The maximum atomic E-state index is 11.1. The first-order chi connectivity index (χ1) is 8.47. The topological polar surface area (TPSA) is 89.3 Å². The van der Waals surface area contributed by atoms with E-state index in [0.717, 1.165) is 16.2 Å². The summed E-state index contributed by atoms with van der Waals surface area (Å²) in [5.41, 5.74) is 7.61. The largest absolute Gasteiger partial charge is 0.478 e. The van der Waals surface area contributed by atoms with Crippen molar-refractivity contribution in [3.05, 3.63) is 35.2 Å². The lowest BCUT2D eigenvalue weighted by Crippen LogP contribution is -2.04. The highest BCUT2D eigenvalue weighted by Gasteiger charge is 2.13. The highest BCUT2D eigenvalue weighted by molar-refractivity contribution is 7.99. The number of carboxylic acid groups (broad SMARTS) is 1.